The van der Waals surface area contributed by atoms with Crippen molar-refractivity contribution in [2.45, 2.75) is 25.8 Å². The van der Waals surface area contributed by atoms with Gasteiger partial charge in [0.2, 0.25) is 5.91 Å². The van der Waals surface area contributed by atoms with E-state index in [1.54, 1.807) is 11.3 Å². The predicted molar refractivity (Wildman–Crippen MR) is 71.8 cm³/mol. The van der Waals surface area contributed by atoms with Gasteiger partial charge in [-0.05, 0) is 38.6 Å². The van der Waals surface area contributed by atoms with Crippen LogP contribution in [0.1, 0.15) is 24.1 Å². The van der Waals surface area contributed by atoms with Crippen molar-refractivity contribution in [3.05, 3.63) is 21.3 Å². The van der Waals surface area contributed by atoms with Gasteiger partial charge in [-0.2, -0.15) is 0 Å². The molecule has 96 valence electrons. The molecule has 0 bridgehead atoms. The Morgan fingerprint density at radius 1 is 1.53 bits per heavy atom. The number of nitrogens with two attached hydrogens (primary N) is 1. The van der Waals surface area contributed by atoms with Gasteiger partial charge in [0, 0.05) is 17.8 Å². The summed E-state index contributed by atoms with van der Waals surface area (Å²) in [6, 6.07) is 3.96. The number of carbonyl (C=O) groups excluding carboxylic acids is 1. The molecule has 0 saturated carbocycles. The van der Waals surface area contributed by atoms with Crippen molar-refractivity contribution in [2.24, 2.45) is 5.84 Å². The molecule has 1 rings (SSSR count). The normalized spacial score (nSPS) is 10.8. The summed E-state index contributed by atoms with van der Waals surface area (Å²) in [4.78, 5) is 14.4. The second-order valence-electron chi connectivity index (χ2n) is 3.97. The summed E-state index contributed by atoms with van der Waals surface area (Å²) >= 11 is 7.47. The molecule has 6 heteroatoms. The number of nitrogens with zero attached hydrogens (tertiary/aromatic N) is 1. The van der Waals surface area contributed by atoms with Crippen molar-refractivity contribution >= 4 is 28.8 Å². The van der Waals surface area contributed by atoms with Crippen LogP contribution in [0.2, 0.25) is 4.34 Å². The molecule has 0 aliphatic rings. The molecule has 1 aromatic rings. The maximum atomic E-state index is 10.9. The first kappa shape index (κ1) is 14.4. The Labute approximate surface area is 111 Å². The Hall–Kier alpha value is -0.620. The summed E-state index contributed by atoms with van der Waals surface area (Å²) in [6.07, 6.45) is 2.34. The minimum absolute atomic E-state index is 0.0994. The van der Waals surface area contributed by atoms with Crippen LogP contribution in [-0.4, -0.2) is 24.4 Å². The number of hydrogen-bond acceptors (Lipinski definition) is 4. The number of hydrazine groups is 1. The van der Waals surface area contributed by atoms with Gasteiger partial charge in [0.1, 0.15) is 0 Å². The monoisotopic (exact) mass is 275 g/mol. The number of rotatable bonds is 7. The lowest BCUT2D eigenvalue weighted by Gasteiger charge is -2.15. The van der Waals surface area contributed by atoms with E-state index in [0.717, 1.165) is 30.3 Å². The zero-order valence-electron chi connectivity index (χ0n) is 9.91. The molecule has 0 aromatic carbocycles. The summed E-state index contributed by atoms with van der Waals surface area (Å²) in [5.41, 5.74) is 2.13. The third-order valence-electron chi connectivity index (χ3n) is 2.41. The lowest BCUT2D eigenvalue weighted by atomic mass is 10.2. The fourth-order valence-corrected chi connectivity index (χ4v) is 2.69. The summed E-state index contributed by atoms with van der Waals surface area (Å²) in [5, 5.41) is 0. The number of amides is 1. The standard InChI is InChI=1S/C11H18ClN3OS/c1-15(7-3-2-4-11(16)14-13)8-9-5-6-10(12)17-9/h5-6H,2-4,7-8,13H2,1H3,(H,14,16). The highest BCUT2D eigenvalue weighted by Crippen LogP contribution is 2.22. The van der Waals surface area contributed by atoms with Crippen LogP contribution < -0.4 is 11.3 Å². The van der Waals surface area contributed by atoms with Crippen LogP contribution in [0.5, 0.6) is 0 Å². The van der Waals surface area contributed by atoms with E-state index in [4.69, 9.17) is 17.4 Å². The number of thiophene rings is 1. The number of carbonyl (C=O) groups is 1. The molecule has 17 heavy (non-hydrogen) atoms. The summed E-state index contributed by atoms with van der Waals surface area (Å²) < 4.78 is 0.827. The zero-order valence-corrected chi connectivity index (χ0v) is 11.5. The average molecular weight is 276 g/mol. The molecule has 0 spiro atoms. The second kappa shape index (κ2) is 7.66. The number of halogens is 1. The van der Waals surface area contributed by atoms with Crippen molar-refractivity contribution in [3.63, 3.8) is 0 Å². The van der Waals surface area contributed by atoms with Crippen LogP contribution in [0.3, 0.4) is 0 Å². The Kier molecular flexibility index (Phi) is 6.50. The minimum atomic E-state index is -0.0994. The van der Waals surface area contributed by atoms with E-state index >= 15 is 0 Å². The summed E-state index contributed by atoms with van der Waals surface area (Å²) in [6.45, 7) is 1.87. The molecular weight excluding hydrogens is 258 g/mol. The zero-order chi connectivity index (χ0) is 12.7. The number of hydrogen-bond donors (Lipinski definition) is 2. The van der Waals surface area contributed by atoms with Crippen molar-refractivity contribution in [3.8, 4) is 0 Å². The Balaban J connectivity index is 2.13. The third kappa shape index (κ3) is 6.02. The quantitative estimate of drug-likeness (QED) is 0.346. The van der Waals surface area contributed by atoms with Crippen LogP contribution in [0.25, 0.3) is 0 Å². The second-order valence-corrected chi connectivity index (χ2v) is 5.77. The average Bonchev–Trinajstić information content (AvgIpc) is 2.69. The topological polar surface area (TPSA) is 58.4 Å². The van der Waals surface area contributed by atoms with Gasteiger partial charge >= 0.3 is 0 Å². The number of unbranched alkanes of at least 4 members (excludes halogenated alkanes) is 1. The summed E-state index contributed by atoms with van der Waals surface area (Å²) in [7, 11) is 2.07. The first-order valence-electron chi connectivity index (χ1n) is 5.54. The minimum Gasteiger partial charge on any atom is -0.301 e. The molecule has 0 aliphatic heterocycles. The highest BCUT2D eigenvalue weighted by molar-refractivity contribution is 7.16. The van der Waals surface area contributed by atoms with Crippen molar-refractivity contribution < 1.29 is 4.79 Å². The molecular formula is C11H18ClN3OS. The molecule has 1 aromatic heterocycles. The fourth-order valence-electron chi connectivity index (χ4n) is 1.52. The SMILES string of the molecule is CN(CCCCC(=O)NN)Cc1ccc(Cl)s1. The van der Waals surface area contributed by atoms with Gasteiger partial charge in [-0.3, -0.25) is 10.2 Å². The fraction of sp³-hybridized carbons (Fsp3) is 0.545. The Morgan fingerprint density at radius 3 is 2.88 bits per heavy atom. The van der Waals surface area contributed by atoms with E-state index < -0.39 is 0 Å². The van der Waals surface area contributed by atoms with Gasteiger partial charge in [-0.25, -0.2) is 5.84 Å². The van der Waals surface area contributed by atoms with Gasteiger partial charge in [0.15, 0.2) is 0 Å². The molecule has 0 aliphatic carbocycles. The molecule has 0 fully saturated rings. The Morgan fingerprint density at radius 2 is 2.29 bits per heavy atom. The molecule has 1 heterocycles. The Bertz CT molecular complexity index is 356. The summed E-state index contributed by atoms with van der Waals surface area (Å²) in [5.74, 6) is 4.90. The lowest BCUT2D eigenvalue weighted by Crippen LogP contribution is -2.29. The van der Waals surface area contributed by atoms with Gasteiger partial charge in [0.05, 0.1) is 4.34 Å². The van der Waals surface area contributed by atoms with E-state index in [2.05, 4.69) is 17.4 Å². The molecule has 0 saturated heterocycles. The molecule has 0 unspecified atom stereocenters. The van der Waals surface area contributed by atoms with E-state index in [9.17, 15) is 4.79 Å². The predicted octanol–water partition coefficient (Wildman–Crippen LogP) is 1.99. The van der Waals surface area contributed by atoms with E-state index in [1.807, 2.05) is 12.1 Å². The molecule has 3 N–H and O–H groups in total. The first-order chi connectivity index (χ1) is 8.11. The largest absolute Gasteiger partial charge is 0.301 e. The van der Waals surface area contributed by atoms with Crippen LogP contribution in [0, 0.1) is 0 Å². The van der Waals surface area contributed by atoms with Crippen LogP contribution in [0.4, 0.5) is 0 Å². The smallest absolute Gasteiger partial charge is 0.233 e. The van der Waals surface area contributed by atoms with Crippen LogP contribution >= 0.6 is 22.9 Å². The highest BCUT2D eigenvalue weighted by atomic mass is 35.5. The van der Waals surface area contributed by atoms with Gasteiger partial charge < -0.3 is 4.90 Å². The maximum Gasteiger partial charge on any atom is 0.233 e. The lowest BCUT2D eigenvalue weighted by molar-refractivity contribution is -0.121. The highest BCUT2D eigenvalue weighted by Gasteiger charge is 2.04. The van der Waals surface area contributed by atoms with E-state index in [1.165, 1.54) is 4.88 Å². The van der Waals surface area contributed by atoms with Crippen molar-refractivity contribution in [1.82, 2.24) is 10.3 Å². The molecule has 1 amide bonds. The third-order valence-corrected chi connectivity index (χ3v) is 3.63. The molecule has 0 atom stereocenters. The first-order valence-corrected chi connectivity index (χ1v) is 6.73. The maximum absolute atomic E-state index is 10.9. The van der Waals surface area contributed by atoms with Gasteiger partial charge in [-0.15, -0.1) is 11.3 Å². The van der Waals surface area contributed by atoms with Gasteiger partial charge in [0.25, 0.3) is 0 Å². The van der Waals surface area contributed by atoms with Crippen molar-refractivity contribution in [1.29, 1.82) is 0 Å². The van der Waals surface area contributed by atoms with Crippen molar-refractivity contribution in [2.75, 3.05) is 13.6 Å². The van der Waals surface area contributed by atoms with E-state index in [0.29, 0.717) is 6.42 Å². The van der Waals surface area contributed by atoms with Gasteiger partial charge in [-0.1, -0.05) is 11.6 Å². The van der Waals surface area contributed by atoms with Crippen LogP contribution in [-0.2, 0) is 11.3 Å². The van der Waals surface area contributed by atoms with Crippen LogP contribution in [0.15, 0.2) is 12.1 Å². The molecule has 4 nitrogen and oxygen atoms in total. The van der Waals surface area contributed by atoms with E-state index in [-0.39, 0.29) is 5.91 Å². The molecule has 0 radical (unpaired) electrons. The number of nitrogens with one attached hydrogen (secondary N) is 1.